The number of anilines is 1. The molecule has 4 heteroatoms. The summed E-state index contributed by atoms with van der Waals surface area (Å²) < 4.78 is 1.47. The monoisotopic (exact) mass is 161 g/mol. The zero-order valence-corrected chi connectivity index (χ0v) is 5.09. The highest BCUT2D eigenvalue weighted by atomic mass is 79.9. The highest BCUT2D eigenvalue weighted by molar-refractivity contribution is 9.08. The molecule has 0 saturated heterocycles. The second kappa shape index (κ2) is 1.54. The van der Waals surface area contributed by atoms with Crippen LogP contribution in [0, 0.1) is 0 Å². The number of nitrogen functional groups attached to an aromatic ring is 1. The maximum Gasteiger partial charge on any atom is 0.0744 e. The third-order valence-electron chi connectivity index (χ3n) is 0.573. The van der Waals surface area contributed by atoms with Crippen LogP contribution in [0.15, 0.2) is 12.4 Å². The Labute approximate surface area is 49.5 Å². The predicted molar refractivity (Wildman–Crippen MR) is 31.0 cm³/mol. The molecule has 7 heavy (non-hydrogen) atoms. The van der Waals surface area contributed by atoms with Crippen LogP contribution in [-0.2, 0) is 0 Å². The highest BCUT2D eigenvalue weighted by Gasteiger charge is 1.84. The first-order chi connectivity index (χ1) is 3.29. The van der Waals surface area contributed by atoms with Crippen molar-refractivity contribution in [3.05, 3.63) is 12.4 Å². The van der Waals surface area contributed by atoms with E-state index in [0.717, 1.165) is 0 Å². The van der Waals surface area contributed by atoms with Crippen LogP contribution in [0.5, 0.6) is 0 Å². The van der Waals surface area contributed by atoms with Gasteiger partial charge in [-0.1, -0.05) is 0 Å². The molecule has 3 nitrogen and oxygen atoms in total. The molecule has 0 bridgehead atoms. The number of halogens is 1. The van der Waals surface area contributed by atoms with Gasteiger partial charge in [0.15, 0.2) is 0 Å². The molecular formula is C3H4BrN3. The van der Waals surface area contributed by atoms with Crippen LogP contribution in [-0.4, -0.2) is 8.81 Å². The van der Waals surface area contributed by atoms with Crippen molar-refractivity contribution in [1.29, 1.82) is 0 Å². The van der Waals surface area contributed by atoms with Gasteiger partial charge in [0.2, 0.25) is 0 Å². The van der Waals surface area contributed by atoms with Crippen molar-refractivity contribution in [2.45, 2.75) is 0 Å². The van der Waals surface area contributed by atoms with Gasteiger partial charge in [-0.2, -0.15) is 5.10 Å². The fraction of sp³-hybridized carbons (Fsp3) is 0. The SMILES string of the molecule is Nc1cnn(Br)c1. The minimum absolute atomic E-state index is 0.664. The summed E-state index contributed by atoms with van der Waals surface area (Å²) in [6.07, 6.45) is 3.23. The largest absolute Gasteiger partial charge is 0.396 e. The third kappa shape index (κ3) is 0.928. The van der Waals surface area contributed by atoms with Crippen molar-refractivity contribution >= 4 is 21.8 Å². The Morgan fingerprint density at radius 1 is 1.86 bits per heavy atom. The molecule has 1 rings (SSSR count). The number of hydrogen-bond acceptors (Lipinski definition) is 2. The molecule has 0 aliphatic heterocycles. The van der Waals surface area contributed by atoms with Gasteiger partial charge in [0.05, 0.1) is 34.2 Å². The zero-order valence-electron chi connectivity index (χ0n) is 3.50. The quantitative estimate of drug-likeness (QED) is 0.607. The number of nitrogens with zero attached hydrogens (tertiary/aromatic N) is 2. The summed E-state index contributed by atoms with van der Waals surface area (Å²) in [5.74, 6) is 0. The average Bonchev–Trinajstić information content (AvgIpc) is 1.87. The van der Waals surface area contributed by atoms with E-state index in [-0.39, 0.29) is 0 Å². The maximum atomic E-state index is 5.27. The first-order valence-corrected chi connectivity index (χ1v) is 2.46. The zero-order chi connectivity index (χ0) is 5.28. The molecule has 0 unspecified atom stereocenters. The molecule has 0 amide bonds. The van der Waals surface area contributed by atoms with Crippen molar-refractivity contribution in [2.24, 2.45) is 0 Å². The molecule has 0 aromatic carbocycles. The van der Waals surface area contributed by atoms with Gasteiger partial charge in [0, 0.05) is 0 Å². The molecule has 0 spiro atoms. The van der Waals surface area contributed by atoms with E-state index in [2.05, 4.69) is 21.2 Å². The lowest BCUT2D eigenvalue weighted by Crippen LogP contribution is -1.77. The Morgan fingerprint density at radius 2 is 2.57 bits per heavy atom. The molecule has 0 aliphatic rings. The summed E-state index contributed by atoms with van der Waals surface area (Å²) in [7, 11) is 0. The first-order valence-electron chi connectivity index (χ1n) is 1.75. The first kappa shape index (κ1) is 4.64. The summed E-state index contributed by atoms with van der Waals surface area (Å²) in [4.78, 5) is 0. The van der Waals surface area contributed by atoms with Crippen LogP contribution < -0.4 is 5.73 Å². The fourth-order valence-electron chi connectivity index (χ4n) is 0.311. The van der Waals surface area contributed by atoms with Gasteiger partial charge in [-0.25, -0.2) is 3.71 Å². The van der Waals surface area contributed by atoms with Gasteiger partial charge < -0.3 is 5.73 Å². The molecule has 1 aromatic heterocycles. The Balaban J connectivity index is 3.04. The summed E-state index contributed by atoms with van der Waals surface area (Å²) in [5, 5.41) is 3.72. The summed E-state index contributed by atoms with van der Waals surface area (Å²) in [5.41, 5.74) is 5.93. The number of rotatable bonds is 0. The topological polar surface area (TPSA) is 43.8 Å². The number of aromatic nitrogens is 2. The second-order valence-corrected chi connectivity index (χ2v) is 1.89. The third-order valence-corrected chi connectivity index (χ3v) is 0.961. The van der Waals surface area contributed by atoms with E-state index >= 15 is 0 Å². The van der Waals surface area contributed by atoms with Crippen molar-refractivity contribution in [3.8, 4) is 0 Å². The maximum absolute atomic E-state index is 5.27. The van der Waals surface area contributed by atoms with Gasteiger partial charge in [-0.3, -0.25) is 0 Å². The predicted octanol–water partition coefficient (Wildman–Crippen LogP) is 0.623. The molecule has 2 N–H and O–H groups in total. The molecular weight excluding hydrogens is 158 g/mol. The van der Waals surface area contributed by atoms with E-state index in [9.17, 15) is 0 Å². The van der Waals surface area contributed by atoms with Gasteiger partial charge in [0.1, 0.15) is 0 Å². The van der Waals surface area contributed by atoms with E-state index in [1.807, 2.05) is 0 Å². The van der Waals surface area contributed by atoms with E-state index in [4.69, 9.17) is 5.73 Å². The lowest BCUT2D eigenvalue weighted by molar-refractivity contribution is 1.03. The van der Waals surface area contributed by atoms with Gasteiger partial charge in [-0.05, 0) is 0 Å². The lowest BCUT2D eigenvalue weighted by atomic mass is 10.6. The van der Waals surface area contributed by atoms with E-state index < -0.39 is 0 Å². The standard InChI is InChI=1S/C3H4BrN3/c4-7-2-3(5)1-6-7/h1-2H,5H2. The van der Waals surface area contributed by atoms with Crippen LogP contribution in [0.3, 0.4) is 0 Å². The number of hydrogen-bond donors (Lipinski definition) is 1. The molecule has 1 aromatic rings. The molecule has 0 fully saturated rings. The minimum Gasteiger partial charge on any atom is -0.396 e. The van der Waals surface area contributed by atoms with E-state index in [1.54, 1.807) is 12.4 Å². The van der Waals surface area contributed by atoms with Gasteiger partial charge >= 0.3 is 0 Å². The van der Waals surface area contributed by atoms with Crippen LogP contribution in [0.1, 0.15) is 0 Å². The van der Waals surface area contributed by atoms with Crippen molar-refractivity contribution in [2.75, 3.05) is 5.73 Å². The van der Waals surface area contributed by atoms with Crippen molar-refractivity contribution in [1.82, 2.24) is 8.81 Å². The minimum atomic E-state index is 0.664. The van der Waals surface area contributed by atoms with Crippen LogP contribution in [0.4, 0.5) is 5.69 Å². The van der Waals surface area contributed by atoms with Crippen LogP contribution in [0.25, 0.3) is 0 Å². The Hall–Kier alpha value is -0.510. The Bertz CT molecular complexity index is 142. The summed E-state index contributed by atoms with van der Waals surface area (Å²) in [6.45, 7) is 0. The Morgan fingerprint density at radius 3 is 2.71 bits per heavy atom. The normalized spacial score (nSPS) is 9.29. The van der Waals surface area contributed by atoms with Crippen molar-refractivity contribution in [3.63, 3.8) is 0 Å². The molecule has 0 radical (unpaired) electrons. The summed E-state index contributed by atoms with van der Waals surface area (Å²) in [6, 6.07) is 0. The Kier molecular flexibility index (Phi) is 1.02. The van der Waals surface area contributed by atoms with Gasteiger partial charge in [-0.15, -0.1) is 0 Å². The lowest BCUT2D eigenvalue weighted by Gasteiger charge is -1.74. The van der Waals surface area contributed by atoms with E-state index in [0.29, 0.717) is 5.69 Å². The van der Waals surface area contributed by atoms with Crippen LogP contribution >= 0.6 is 16.1 Å². The smallest absolute Gasteiger partial charge is 0.0744 e. The molecule has 38 valence electrons. The van der Waals surface area contributed by atoms with Gasteiger partial charge in [0.25, 0.3) is 0 Å². The van der Waals surface area contributed by atoms with Crippen molar-refractivity contribution < 1.29 is 0 Å². The molecule has 0 saturated carbocycles. The molecule has 1 heterocycles. The fourth-order valence-corrected chi connectivity index (χ4v) is 0.639. The second-order valence-electron chi connectivity index (χ2n) is 1.16. The average molecular weight is 162 g/mol. The molecule has 0 aliphatic carbocycles. The summed E-state index contributed by atoms with van der Waals surface area (Å²) >= 11 is 3.06. The van der Waals surface area contributed by atoms with Crippen LogP contribution in [0.2, 0.25) is 0 Å². The highest BCUT2D eigenvalue weighted by Crippen LogP contribution is 1.98. The number of nitrogens with two attached hydrogens (primary N) is 1. The van der Waals surface area contributed by atoms with E-state index in [1.165, 1.54) is 3.71 Å². The molecule has 0 atom stereocenters.